The summed E-state index contributed by atoms with van der Waals surface area (Å²) in [4.78, 5) is 18.8. The van der Waals surface area contributed by atoms with Crippen molar-refractivity contribution in [2.45, 2.75) is 32.4 Å². The van der Waals surface area contributed by atoms with E-state index in [0.29, 0.717) is 13.3 Å². The van der Waals surface area contributed by atoms with Crippen molar-refractivity contribution in [2.24, 2.45) is 0 Å². The van der Waals surface area contributed by atoms with E-state index in [1.807, 2.05) is 22.9 Å². The molecule has 0 amide bonds. The van der Waals surface area contributed by atoms with Crippen molar-refractivity contribution in [1.82, 2.24) is 14.5 Å². The Hall–Kier alpha value is -2.38. The van der Waals surface area contributed by atoms with E-state index in [9.17, 15) is 9.90 Å². The van der Waals surface area contributed by atoms with Gasteiger partial charge in [0.05, 0.1) is 11.3 Å². The highest BCUT2D eigenvalue weighted by atomic mass is 28.3. The second-order valence-electron chi connectivity index (χ2n) is 7.34. The van der Waals surface area contributed by atoms with Gasteiger partial charge in [-0.15, -0.1) is 0 Å². The van der Waals surface area contributed by atoms with Crippen LogP contribution >= 0.6 is 0 Å². The zero-order valence-electron chi connectivity index (χ0n) is 14.7. The van der Waals surface area contributed by atoms with Gasteiger partial charge in [-0.1, -0.05) is 19.6 Å². The SMILES string of the molecule is C[Si](C)(C)CCOCn1cc(C(=O)O)cc1-c1ccnc2[nH]ccc12. The van der Waals surface area contributed by atoms with Gasteiger partial charge in [-0.3, -0.25) is 0 Å². The summed E-state index contributed by atoms with van der Waals surface area (Å²) in [6.07, 6.45) is 5.18. The Morgan fingerprint density at radius 3 is 2.88 bits per heavy atom. The first-order chi connectivity index (χ1) is 11.8. The van der Waals surface area contributed by atoms with Crippen molar-refractivity contribution >= 4 is 25.1 Å². The molecule has 0 saturated heterocycles. The number of fused-ring (bicyclic) bond motifs is 1. The van der Waals surface area contributed by atoms with Gasteiger partial charge >= 0.3 is 5.97 Å². The number of pyridine rings is 1. The Balaban J connectivity index is 1.90. The van der Waals surface area contributed by atoms with Crippen LogP contribution in [0.25, 0.3) is 22.3 Å². The molecule has 3 aromatic rings. The lowest BCUT2D eigenvalue weighted by Gasteiger charge is -2.16. The van der Waals surface area contributed by atoms with Crippen LogP contribution in [0.15, 0.2) is 36.8 Å². The fraction of sp³-hybridized carbons (Fsp3) is 0.333. The summed E-state index contributed by atoms with van der Waals surface area (Å²) in [5.74, 6) is -0.943. The van der Waals surface area contributed by atoms with Crippen LogP contribution in [0.2, 0.25) is 25.7 Å². The Morgan fingerprint density at radius 1 is 1.36 bits per heavy atom. The fourth-order valence-electron chi connectivity index (χ4n) is 2.69. The zero-order valence-corrected chi connectivity index (χ0v) is 15.7. The van der Waals surface area contributed by atoms with Crippen molar-refractivity contribution in [3.05, 3.63) is 42.4 Å². The number of ether oxygens (including phenoxy) is 1. The second-order valence-corrected chi connectivity index (χ2v) is 13.0. The molecule has 3 rings (SSSR count). The molecule has 0 aliphatic carbocycles. The molecular formula is C18H23N3O3Si. The minimum absolute atomic E-state index is 0.254. The highest BCUT2D eigenvalue weighted by Crippen LogP contribution is 2.29. The molecule has 0 atom stereocenters. The van der Waals surface area contributed by atoms with Crippen LogP contribution in [0.5, 0.6) is 0 Å². The highest BCUT2D eigenvalue weighted by Gasteiger charge is 2.16. The molecule has 0 radical (unpaired) electrons. The van der Waals surface area contributed by atoms with Crippen LogP contribution in [0, 0.1) is 0 Å². The molecule has 6 nitrogen and oxygen atoms in total. The molecule has 132 valence electrons. The number of nitrogens with one attached hydrogen (secondary N) is 1. The number of aromatic nitrogens is 3. The van der Waals surface area contributed by atoms with Crippen molar-refractivity contribution < 1.29 is 14.6 Å². The molecule has 0 aromatic carbocycles. The van der Waals surface area contributed by atoms with Gasteiger partial charge < -0.3 is 19.4 Å². The molecule has 25 heavy (non-hydrogen) atoms. The molecule has 3 aromatic heterocycles. The Bertz CT molecular complexity index is 892. The van der Waals surface area contributed by atoms with Crippen LogP contribution < -0.4 is 0 Å². The van der Waals surface area contributed by atoms with Gasteiger partial charge in [-0.05, 0) is 24.2 Å². The molecular weight excluding hydrogens is 334 g/mol. The standard InChI is InChI=1S/C18H23N3O3Si/c1-25(2,3)9-8-24-12-21-11-13(18(22)23)10-16(21)14-4-6-19-17-15(14)5-7-20-17/h4-7,10-11H,8-9,12H2,1-3H3,(H,19,20)(H,22,23). The Morgan fingerprint density at radius 2 is 2.16 bits per heavy atom. The van der Waals surface area contributed by atoms with Crippen LogP contribution in [0.4, 0.5) is 0 Å². The average Bonchev–Trinajstić information content (AvgIpc) is 3.17. The summed E-state index contributed by atoms with van der Waals surface area (Å²) < 4.78 is 7.68. The number of carbonyl (C=O) groups is 1. The molecule has 0 unspecified atom stereocenters. The monoisotopic (exact) mass is 357 g/mol. The maximum atomic E-state index is 11.4. The number of nitrogens with zero attached hydrogens (tertiary/aromatic N) is 2. The van der Waals surface area contributed by atoms with E-state index in [0.717, 1.165) is 28.3 Å². The minimum Gasteiger partial charge on any atom is -0.478 e. The molecule has 3 heterocycles. The molecule has 0 bridgehead atoms. The molecule has 0 fully saturated rings. The second kappa shape index (κ2) is 6.85. The van der Waals surface area contributed by atoms with E-state index < -0.39 is 14.0 Å². The molecule has 0 saturated carbocycles. The number of hydrogen-bond acceptors (Lipinski definition) is 3. The lowest BCUT2D eigenvalue weighted by atomic mass is 10.1. The maximum Gasteiger partial charge on any atom is 0.337 e. The summed E-state index contributed by atoms with van der Waals surface area (Å²) in [5, 5.41) is 10.3. The number of aromatic amines is 1. The zero-order chi connectivity index (χ0) is 18.0. The molecule has 0 aliphatic rings. The van der Waals surface area contributed by atoms with Crippen LogP contribution in [-0.4, -0.2) is 40.3 Å². The molecule has 2 N–H and O–H groups in total. The highest BCUT2D eigenvalue weighted by molar-refractivity contribution is 6.76. The van der Waals surface area contributed by atoms with Crippen LogP contribution in [-0.2, 0) is 11.5 Å². The first kappa shape index (κ1) is 17.4. The summed E-state index contributed by atoms with van der Waals surface area (Å²) in [6.45, 7) is 7.94. The molecule has 0 spiro atoms. The third-order valence-corrected chi connectivity index (χ3v) is 5.81. The number of hydrogen-bond donors (Lipinski definition) is 2. The van der Waals surface area contributed by atoms with E-state index >= 15 is 0 Å². The first-order valence-corrected chi connectivity index (χ1v) is 12.0. The van der Waals surface area contributed by atoms with Crippen molar-refractivity contribution in [3.63, 3.8) is 0 Å². The van der Waals surface area contributed by atoms with Gasteiger partial charge in [-0.25, -0.2) is 9.78 Å². The number of carboxylic acids is 1. The normalized spacial score (nSPS) is 12.0. The Kier molecular flexibility index (Phi) is 4.78. The third-order valence-electron chi connectivity index (χ3n) is 4.11. The van der Waals surface area contributed by atoms with Crippen molar-refractivity contribution in [3.8, 4) is 11.3 Å². The number of H-pyrrole nitrogens is 1. The number of aromatic carboxylic acids is 1. The van der Waals surface area contributed by atoms with Crippen molar-refractivity contribution in [1.29, 1.82) is 0 Å². The summed E-state index contributed by atoms with van der Waals surface area (Å²) in [7, 11) is -1.15. The van der Waals surface area contributed by atoms with Gasteiger partial charge in [0.25, 0.3) is 0 Å². The average molecular weight is 357 g/mol. The summed E-state index contributed by atoms with van der Waals surface area (Å²) >= 11 is 0. The van der Waals surface area contributed by atoms with Gasteiger partial charge in [0, 0.05) is 44.2 Å². The van der Waals surface area contributed by atoms with Crippen molar-refractivity contribution in [2.75, 3.05) is 6.61 Å². The third kappa shape index (κ3) is 4.00. The number of carboxylic acid groups (broad SMARTS) is 1. The smallest absolute Gasteiger partial charge is 0.337 e. The quantitative estimate of drug-likeness (QED) is 0.494. The summed E-state index contributed by atoms with van der Waals surface area (Å²) in [5.41, 5.74) is 2.79. The predicted octanol–water partition coefficient (Wildman–Crippen LogP) is 4.04. The maximum absolute atomic E-state index is 11.4. The fourth-order valence-corrected chi connectivity index (χ4v) is 3.44. The van der Waals surface area contributed by atoms with Gasteiger partial charge in [0.1, 0.15) is 12.4 Å². The summed E-state index contributed by atoms with van der Waals surface area (Å²) in [6, 6.07) is 6.61. The topological polar surface area (TPSA) is 80.1 Å². The van der Waals surface area contributed by atoms with E-state index in [-0.39, 0.29) is 5.56 Å². The van der Waals surface area contributed by atoms with E-state index in [2.05, 4.69) is 29.6 Å². The van der Waals surface area contributed by atoms with Gasteiger partial charge in [-0.2, -0.15) is 0 Å². The van der Waals surface area contributed by atoms with Crippen LogP contribution in [0.3, 0.4) is 0 Å². The van der Waals surface area contributed by atoms with E-state index in [4.69, 9.17) is 4.74 Å². The largest absolute Gasteiger partial charge is 0.478 e. The minimum atomic E-state index is -1.15. The lowest BCUT2D eigenvalue weighted by molar-refractivity contribution is 0.0694. The van der Waals surface area contributed by atoms with Crippen LogP contribution in [0.1, 0.15) is 10.4 Å². The van der Waals surface area contributed by atoms with Gasteiger partial charge in [0.2, 0.25) is 0 Å². The molecule has 0 aliphatic heterocycles. The first-order valence-electron chi connectivity index (χ1n) is 8.29. The van der Waals surface area contributed by atoms with Gasteiger partial charge in [0.15, 0.2) is 0 Å². The lowest BCUT2D eigenvalue weighted by Crippen LogP contribution is -2.22. The Labute approximate surface area is 147 Å². The van der Waals surface area contributed by atoms with E-state index in [1.165, 1.54) is 0 Å². The predicted molar refractivity (Wildman–Crippen MR) is 101 cm³/mol. The number of rotatable bonds is 7. The van der Waals surface area contributed by atoms with E-state index in [1.54, 1.807) is 18.5 Å². The molecule has 7 heteroatoms.